The van der Waals surface area contributed by atoms with Gasteiger partial charge in [0.25, 0.3) is 0 Å². The van der Waals surface area contributed by atoms with Crippen LogP contribution in [0.2, 0.25) is 0 Å². The third kappa shape index (κ3) is 3.01. The molecule has 19 heavy (non-hydrogen) atoms. The van der Waals surface area contributed by atoms with Crippen molar-refractivity contribution >= 4 is 18.0 Å². The highest BCUT2D eigenvalue weighted by atomic mass is 32.1. The maximum absolute atomic E-state index is 5.23. The van der Waals surface area contributed by atoms with Crippen molar-refractivity contribution in [3.05, 3.63) is 52.4 Å². The standard InChI is InChI=1S/C15H17N3S/c1-10(11-5-3-2-4-6-11)16-13-9-14(19)18-15(17-13)12-7-8-12/h2-6,9-10,12H,7-8H2,1H3,(H2,16,17,18,19). The van der Waals surface area contributed by atoms with Gasteiger partial charge in [-0.1, -0.05) is 42.5 Å². The SMILES string of the molecule is CC(Nc1cc(=S)nc(C2CC2)[nH]1)c1ccccc1. The van der Waals surface area contributed by atoms with Gasteiger partial charge in [0.05, 0.1) is 0 Å². The Labute approximate surface area is 118 Å². The van der Waals surface area contributed by atoms with E-state index in [1.54, 1.807) is 0 Å². The lowest BCUT2D eigenvalue weighted by molar-refractivity contribution is 0.852. The van der Waals surface area contributed by atoms with Gasteiger partial charge in [-0.2, -0.15) is 0 Å². The Morgan fingerprint density at radius 1 is 1.32 bits per heavy atom. The first-order valence-electron chi connectivity index (χ1n) is 6.65. The van der Waals surface area contributed by atoms with E-state index in [4.69, 9.17) is 12.2 Å². The average molecular weight is 271 g/mol. The van der Waals surface area contributed by atoms with Gasteiger partial charge in [0.1, 0.15) is 16.3 Å². The number of H-pyrrole nitrogens is 1. The minimum Gasteiger partial charge on any atom is -0.365 e. The molecule has 0 spiro atoms. The number of aromatic amines is 1. The summed E-state index contributed by atoms with van der Waals surface area (Å²) >= 11 is 5.23. The van der Waals surface area contributed by atoms with Crippen LogP contribution in [0, 0.1) is 4.64 Å². The van der Waals surface area contributed by atoms with Gasteiger partial charge in [0, 0.05) is 18.0 Å². The molecule has 3 nitrogen and oxygen atoms in total. The monoisotopic (exact) mass is 271 g/mol. The van der Waals surface area contributed by atoms with Crippen molar-refractivity contribution in [3.8, 4) is 0 Å². The molecule has 1 atom stereocenters. The smallest absolute Gasteiger partial charge is 0.131 e. The van der Waals surface area contributed by atoms with Gasteiger partial charge in [-0.3, -0.25) is 0 Å². The lowest BCUT2D eigenvalue weighted by Gasteiger charge is -2.16. The number of nitrogens with zero attached hydrogens (tertiary/aromatic N) is 1. The molecule has 0 amide bonds. The van der Waals surface area contributed by atoms with Crippen LogP contribution >= 0.6 is 12.2 Å². The highest BCUT2D eigenvalue weighted by molar-refractivity contribution is 7.71. The van der Waals surface area contributed by atoms with Crippen LogP contribution in [0.15, 0.2) is 36.4 Å². The van der Waals surface area contributed by atoms with Gasteiger partial charge in [0.2, 0.25) is 0 Å². The van der Waals surface area contributed by atoms with Crippen LogP contribution in [0.3, 0.4) is 0 Å². The van der Waals surface area contributed by atoms with E-state index in [1.165, 1.54) is 18.4 Å². The summed E-state index contributed by atoms with van der Waals surface area (Å²) in [6, 6.07) is 12.5. The molecule has 1 aliphatic carbocycles. The minimum absolute atomic E-state index is 0.237. The minimum atomic E-state index is 0.237. The van der Waals surface area contributed by atoms with E-state index in [1.807, 2.05) is 12.1 Å². The Balaban J connectivity index is 1.81. The molecule has 0 radical (unpaired) electrons. The van der Waals surface area contributed by atoms with Crippen LogP contribution in [-0.4, -0.2) is 9.97 Å². The molecule has 0 bridgehead atoms. The molecule has 0 saturated heterocycles. The predicted octanol–water partition coefficient (Wildman–Crippen LogP) is 4.19. The van der Waals surface area contributed by atoms with Crippen LogP contribution in [0.5, 0.6) is 0 Å². The Morgan fingerprint density at radius 2 is 2.05 bits per heavy atom. The van der Waals surface area contributed by atoms with Crippen molar-refractivity contribution in [1.82, 2.24) is 9.97 Å². The summed E-state index contributed by atoms with van der Waals surface area (Å²) in [5.41, 5.74) is 1.26. The number of benzene rings is 1. The highest BCUT2D eigenvalue weighted by Gasteiger charge is 2.26. The van der Waals surface area contributed by atoms with E-state index < -0.39 is 0 Å². The number of hydrogen-bond donors (Lipinski definition) is 2. The lowest BCUT2D eigenvalue weighted by atomic mass is 10.1. The summed E-state index contributed by atoms with van der Waals surface area (Å²) in [6.07, 6.45) is 2.44. The number of anilines is 1. The topological polar surface area (TPSA) is 40.7 Å². The molecule has 1 aliphatic rings. The number of nitrogens with one attached hydrogen (secondary N) is 2. The zero-order valence-corrected chi connectivity index (χ0v) is 11.7. The van der Waals surface area contributed by atoms with Gasteiger partial charge in [0.15, 0.2) is 0 Å². The fourth-order valence-corrected chi connectivity index (χ4v) is 2.38. The Morgan fingerprint density at radius 3 is 2.74 bits per heavy atom. The fraction of sp³-hybridized carbons (Fsp3) is 0.333. The van der Waals surface area contributed by atoms with Gasteiger partial charge in [-0.25, -0.2) is 4.98 Å². The summed E-state index contributed by atoms with van der Waals surface area (Å²) in [5, 5.41) is 3.46. The molecule has 1 fully saturated rings. The zero-order valence-electron chi connectivity index (χ0n) is 10.9. The van der Waals surface area contributed by atoms with E-state index >= 15 is 0 Å². The molecule has 1 aromatic carbocycles. The second-order valence-corrected chi connectivity index (χ2v) is 5.49. The summed E-state index contributed by atoms with van der Waals surface area (Å²) in [4.78, 5) is 7.75. The molecule has 4 heteroatoms. The molecular weight excluding hydrogens is 254 g/mol. The van der Waals surface area contributed by atoms with E-state index in [2.05, 4.69) is 46.5 Å². The molecule has 1 saturated carbocycles. The highest BCUT2D eigenvalue weighted by Crippen LogP contribution is 2.38. The molecule has 1 heterocycles. The van der Waals surface area contributed by atoms with Gasteiger partial charge < -0.3 is 10.3 Å². The second kappa shape index (κ2) is 5.13. The molecule has 2 N–H and O–H groups in total. The van der Waals surface area contributed by atoms with Crippen molar-refractivity contribution in [2.45, 2.75) is 31.7 Å². The second-order valence-electron chi connectivity index (χ2n) is 5.07. The van der Waals surface area contributed by atoms with Crippen molar-refractivity contribution in [3.63, 3.8) is 0 Å². The van der Waals surface area contributed by atoms with Crippen molar-refractivity contribution in [1.29, 1.82) is 0 Å². The number of rotatable bonds is 4. The first-order chi connectivity index (χ1) is 9.22. The predicted molar refractivity (Wildman–Crippen MR) is 79.9 cm³/mol. The normalized spacial score (nSPS) is 16.1. The van der Waals surface area contributed by atoms with Crippen LogP contribution in [-0.2, 0) is 0 Å². The van der Waals surface area contributed by atoms with Crippen LogP contribution in [0.4, 0.5) is 5.82 Å². The van der Waals surface area contributed by atoms with Gasteiger partial charge >= 0.3 is 0 Å². The third-order valence-electron chi connectivity index (χ3n) is 3.40. The van der Waals surface area contributed by atoms with Gasteiger partial charge in [-0.15, -0.1) is 0 Å². The zero-order chi connectivity index (χ0) is 13.2. The molecule has 1 aromatic heterocycles. The number of hydrogen-bond acceptors (Lipinski definition) is 3. The summed E-state index contributed by atoms with van der Waals surface area (Å²) in [7, 11) is 0. The number of aromatic nitrogens is 2. The fourth-order valence-electron chi connectivity index (χ4n) is 2.16. The summed E-state index contributed by atoms with van der Waals surface area (Å²) in [6.45, 7) is 2.14. The Bertz CT molecular complexity index is 617. The van der Waals surface area contributed by atoms with Crippen LogP contribution in [0.1, 0.15) is 43.1 Å². The quantitative estimate of drug-likeness (QED) is 0.819. The molecule has 2 aromatic rings. The maximum atomic E-state index is 5.23. The van der Waals surface area contributed by atoms with E-state index in [9.17, 15) is 0 Å². The van der Waals surface area contributed by atoms with E-state index in [0.717, 1.165) is 11.6 Å². The van der Waals surface area contributed by atoms with Gasteiger partial charge in [-0.05, 0) is 25.3 Å². The van der Waals surface area contributed by atoms with Crippen molar-refractivity contribution in [2.24, 2.45) is 0 Å². The maximum Gasteiger partial charge on any atom is 0.131 e. The average Bonchev–Trinajstić information content (AvgIpc) is 3.23. The lowest BCUT2D eigenvalue weighted by Crippen LogP contribution is -2.09. The Kier molecular flexibility index (Phi) is 3.34. The first kappa shape index (κ1) is 12.4. The van der Waals surface area contributed by atoms with Crippen LogP contribution in [0.25, 0.3) is 0 Å². The largest absolute Gasteiger partial charge is 0.365 e. The summed E-state index contributed by atoms with van der Waals surface area (Å²) in [5.74, 6) is 2.56. The van der Waals surface area contributed by atoms with Crippen molar-refractivity contribution in [2.75, 3.05) is 5.32 Å². The van der Waals surface area contributed by atoms with E-state index in [-0.39, 0.29) is 6.04 Å². The molecular formula is C15H17N3S. The van der Waals surface area contributed by atoms with Crippen LogP contribution < -0.4 is 5.32 Å². The Hall–Kier alpha value is -1.68. The summed E-state index contributed by atoms with van der Waals surface area (Å²) < 4.78 is 0.656. The first-order valence-corrected chi connectivity index (χ1v) is 7.06. The molecule has 3 rings (SSSR count). The van der Waals surface area contributed by atoms with Crippen molar-refractivity contribution < 1.29 is 0 Å². The third-order valence-corrected chi connectivity index (χ3v) is 3.61. The molecule has 1 unspecified atom stereocenters. The molecule has 0 aliphatic heterocycles. The molecule has 98 valence electrons. The van der Waals surface area contributed by atoms with E-state index in [0.29, 0.717) is 10.6 Å².